The Balaban J connectivity index is 3.90. The van der Waals surface area contributed by atoms with Crippen LogP contribution in [0.3, 0.4) is 0 Å². The second-order valence-electron chi connectivity index (χ2n) is 6.96. The maximum absolute atomic E-state index is 6.14. The highest BCUT2D eigenvalue weighted by molar-refractivity contribution is 6.74. The summed E-state index contributed by atoms with van der Waals surface area (Å²) in [6.07, 6.45) is 10.8. The molecule has 0 atom stereocenters. The second kappa shape index (κ2) is 8.75. The van der Waals surface area contributed by atoms with E-state index in [2.05, 4.69) is 59.5 Å². The Morgan fingerprint density at radius 1 is 1.16 bits per heavy atom. The van der Waals surface area contributed by atoms with Crippen LogP contribution in [0.4, 0.5) is 0 Å². The Morgan fingerprint density at radius 3 is 2.32 bits per heavy atom. The van der Waals surface area contributed by atoms with Gasteiger partial charge in [0.1, 0.15) is 0 Å². The summed E-state index contributed by atoms with van der Waals surface area (Å²) in [6.45, 7) is 18.4. The van der Waals surface area contributed by atoms with E-state index >= 15 is 0 Å². The maximum Gasteiger partial charge on any atom is 0.192 e. The number of allylic oxidation sites excluding steroid dienone is 1. The van der Waals surface area contributed by atoms with Crippen molar-refractivity contribution < 1.29 is 4.43 Å². The van der Waals surface area contributed by atoms with Gasteiger partial charge in [-0.2, -0.15) is 0 Å². The molecule has 0 aromatic rings. The molecule has 0 rings (SSSR count). The molecule has 0 spiro atoms. The summed E-state index contributed by atoms with van der Waals surface area (Å²) < 4.78 is 6.14. The largest absolute Gasteiger partial charge is 0.413 e. The molecular formula is C17H34OSi. The van der Waals surface area contributed by atoms with E-state index in [1.165, 1.54) is 32.1 Å². The van der Waals surface area contributed by atoms with Crippen LogP contribution in [-0.4, -0.2) is 14.9 Å². The first kappa shape index (κ1) is 18.7. The number of rotatable bonds is 9. The first-order valence-electron chi connectivity index (χ1n) is 7.69. The fraction of sp³-hybridized carbons (Fsp3) is 0.765. The topological polar surface area (TPSA) is 9.23 Å². The minimum Gasteiger partial charge on any atom is -0.413 e. The van der Waals surface area contributed by atoms with E-state index in [-0.39, 0.29) is 5.04 Å². The van der Waals surface area contributed by atoms with Gasteiger partial charge in [0.05, 0.1) is 6.61 Å². The van der Waals surface area contributed by atoms with Gasteiger partial charge in [-0.15, -0.1) is 0 Å². The predicted molar refractivity (Wildman–Crippen MR) is 90.2 cm³/mol. The molecule has 2 heteroatoms. The van der Waals surface area contributed by atoms with E-state index in [0.29, 0.717) is 6.61 Å². The Morgan fingerprint density at radius 2 is 1.79 bits per heavy atom. The van der Waals surface area contributed by atoms with Gasteiger partial charge < -0.3 is 4.43 Å². The number of unbranched alkanes of at least 4 members (excludes halogenated alkanes) is 4. The van der Waals surface area contributed by atoms with Crippen LogP contribution in [-0.2, 0) is 4.43 Å². The molecule has 112 valence electrons. The highest BCUT2D eigenvalue weighted by Crippen LogP contribution is 2.36. The molecule has 19 heavy (non-hydrogen) atoms. The van der Waals surface area contributed by atoms with Gasteiger partial charge in [0, 0.05) is 0 Å². The van der Waals surface area contributed by atoms with Gasteiger partial charge in [-0.25, -0.2) is 0 Å². The van der Waals surface area contributed by atoms with Crippen molar-refractivity contribution in [2.45, 2.75) is 77.9 Å². The number of hydrogen-bond acceptors (Lipinski definition) is 1. The van der Waals surface area contributed by atoms with Crippen molar-refractivity contribution in [1.82, 2.24) is 0 Å². The normalized spacial score (nSPS) is 13.2. The van der Waals surface area contributed by atoms with Crippen LogP contribution in [0.5, 0.6) is 0 Å². The average Bonchev–Trinajstić information content (AvgIpc) is 2.29. The van der Waals surface area contributed by atoms with Crippen LogP contribution in [0.1, 0.15) is 59.8 Å². The molecule has 0 unspecified atom stereocenters. The lowest BCUT2D eigenvalue weighted by atomic mass is 10.1. The van der Waals surface area contributed by atoms with Crippen LogP contribution < -0.4 is 0 Å². The van der Waals surface area contributed by atoms with Gasteiger partial charge in [0.25, 0.3) is 0 Å². The van der Waals surface area contributed by atoms with Crippen molar-refractivity contribution in [2.24, 2.45) is 0 Å². The third kappa shape index (κ3) is 8.43. The highest BCUT2D eigenvalue weighted by atomic mass is 28.4. The van der Waals surface area contributed by atoms with E-state index in [1.807, 2.05) is 0 Å². The Labute approximate surface area is 122 Å². The maximum atomic E-state index is 6.14. The molecule has 0 heterocycles. The van der Waals surface area contributed by atoms with Gasteiger partial charge in [0.15, 0.2) is 8.32 Å². The summed E-state index contributed by atoms with van der Waals surface area (Å²) in [4.78, 5) is 0. The van der Waals surface area contributed by atoms with Gasteiger partial charge in [-0.1, -0.05) is 65.7 Å². The van der Waals surface area contributed by atoms with Crippen molar-refractivity contribution in [1.29, 1.82) is 0 Å². The van der Waals surface area contributed by atoms with Crippen LogP contribution >= 0.6 is 0 Å². The molecule has 0 fully saturated rings. The fourth-order valence-electron chi connectivity index (χ4n) is 1.48. The third-order valence-electron chi connectivity index (χ3n) is 4.00. The van der Waals surface area contributed by atoms with Crippen molar-refractivity contribution in [3.05, 3.63) is 24.3 Å². The molecule has 0 bridgehead atoms. The monoisotopic (exact) mass is 282 g/mol. The smallest absolute Gasteiger partial charge is 0.192 e. The van der Waals surface area contributed by atoms with Crippen LogP contribution in [0, 0.1) is 0 Å². The van der Waals surface area contributed by atoms with Gasteiger partial charge in [-0.05, 0) is 36.5 Å². The standard InChI is InChI=1S/C17H34OSi/c1-8-9-10-11-12-13-14-16(2)15-18-19(6,7)17(3,4)5/h13-14H,2,8-12,15H2,1,3-7H3/b14-13+. The zero-order valence-electron chi connectivity index (χ0n) is 14.0. The zero-order chi connectivity index (χ0) is 14.9. The lowest BCUT2D eigenvalue weighted by molar-refractivity contribution is 0.322. The molecule has 1 nitrogen and oxygen atoms in total. The summed E-state index contributed by atoms with van der Waals surface area (Å²) in [7, 11) is -1.63. The molecule has 0 N–H and O–H groups in total. The summed E-state index contributed by atoms with van der Waals surface area (Å²) in [5.41, 5.74) is 1.10. The molecule has 0 saturated carbocycles. The molecule has 0 aliphatic carbocycles. The van der Waals surface area contributed by atoms with Gasteiger partial charge in [0.2, 0.25) is 0 Å². The quantitative estimate of drug-likeness (QED) is 0.282. The molecule has 0 aromatic carbocycles. The minimum absolute atomic E-state index is 0.275. The summed E-state index contributed by atoms with van der Waals surface area (Å²) in [5, 5.41) is 0.275. The molecular weight excluding hydrogens is 248 g/mol. The minimum atomic E-state index is -1.63. The Kier molecular flexibility index (Phi) is 8.60. The summed E-state index contributed by atoms with van der Waals surface area (Å²) >= 11 is 0. The van der Waals surface area contributed by atoms with Crippen LogP contribution in [0.2, 0.25) is 18.1 Å². The average molecular weight is 283 g/mol. The van der Waals surface area contributed by atoms with E-state index < -0.39 is 8.32 Å². The lowest BCUT2D eigenvalue weighted by Gasteiger charge is -2.36. The van der Waals surface area contributed by atoms with E-state index in [1.54, 1.807) is 0 Å². The SMILES string of the molecule is C=C(/C=C/CCCCCC)CO[Si](C)(C)C(C)(C)C. The molecule has 0 radical (unpaired) electrons. The van der Waals surface area contributed by atoms with Crippen molar-refractivity contribution >= 4 is 8.32 Å². The third-order valence-corrected chi connectivity index (χ3v) is 8.48. The van der Waals surface area contributed by atoms with Crippen molar-refractivity contribution in [2.75, 3.05) is 6.61 Å². The molecule has 0 aliphatic rings. The highest BCUT2D eigenvalue weighted by Gasteiger charge is 2.36. The molecule has 0 amide bonds. The number of hydrogen-bond donors (Lipinski definition) is 0. The van der Waals surface area contributed by atoms with Gasteiger partial charge >= 0.3 is 0 Å². The van der Waals surface area contributed by atoms with E-state index in [9.17, 15) is 0 Å². The van der Waals surface area contributed by atoms with Crippen molar-refractivity contribution in [3.8, 4) is 0 Å². The first-order chi connectivity index (χ1) is 8.70. The van der Waals surface area contributed by atoms with Crippen LogP contribution in [0.25, 0.3) is 0 Å². The Hall–Kier alpha value is -0.343. The first-order valence-corrected chi connectivity index (χ1v) is 10.6. The fourth-order valence-corrected chi connectivity index (χ4v) is 2.46. The second-order valence-corrected chi connectivity index (χ2v) is 11.8. The molecule has 0 aromatic heterocycles. The summed E-state index contributed by atoms with van der Waals surface area (Å²) in [5.74, 6) is 0. The molecule has 0 aliphatic heterocycles. The van der Waals surface area contributed by atoms with E-state index in [4.69, 9.17) is 4.43 Å². The van der Waals surface area contributed by atoms with Crippen molar-refractivity contribution in [3.63, 3.8) is 0 Å². The summed E-state index contributed by atoms with van der Waals surface area (Å²) in [6, 6.07) is 0. The molecule has 0 saturated heterocycles. The zero-order valence-corrected chi connectivity index (χ0v) is 15.0. The van der Waals surface area contributed by atoms with Crippen LogP contribution in [0.15, 0.2) is 24.3 Å². The lowest BCUT2D eigenvalue weighted by Crippen LogP contribution is -2.41. The van der Waals surface area contributed by atoms with E-state index in [0.717, 1.165) is 5.57 Å². The predicted octanol–water partition coefficient (Wildman–Crippen LogP) is 6.09. The van der Waals surface area contributed by atoms with Gasteiger partial charge in [-0.3, -0.25) is 0 Å². The Bertz CT molecular complexity index is 284.